The number of nitrogens with one attached hydrogen (secondary N) is 1. The largest absolute Gasteiger partial charge is 0.317 e. The van der Waals surface area contributed by atoms with Gasteiger partial charge in [-0.2, -0.15) is 0 Å². The number of rotatable bonds is 5. The van der Waals surface area contributed by atoms with Crippen LogP contribution in [0.3, 0.4) is 0 Å². The van der Waals surface area contributed by atoms with Crippen molar-refractivity contribution in [3.05, 3.63) is 34.9 Å². The van der Waals surface area contributed by atoms with Crippen LogP contribution in [0, 0.1) is 19.8 Å². The van der Waals surface area contributed by atoms with Crippen molar-refractivity contribution in [3.8, 4) is 0 Å². The minimum atomic E-state index is 0.736. The van der Waals surface area contributed by atoms with Crippen LogP contribution < -0.4 is 5.32 Å². The second-order valence-corrected chi connectivity index (χ2v) is 5.20. The fraction of sp³-hybridized carbons (Fsp3) is 0.600. The third kappa shape index (κ3) is 2.85. The van der Waals surface area contributed by atoms with Crippen LogP contribution in [0.5, 0.6) is 0 Å². The van der Waals surface area contributed by atoms with E-state index in [-0.39, 0.29) is 0 Å². The molecule has 1 aliphatic carbocycles. The van der Waals surface area contributed by atoms with Gasteiger partial charge in [-0.15, -0.1) is 0 Å². The molecule has 1 aromatic carbocycles. The van der Waals surface area contributed by atoms with E-state index in [4.69, 9.17) is 0 Å². The van der Waals surface area contributed by atoms with Crippen molar-refractivity contribution in [3.63, 3.8) is 0 Å². The standard InChI is InChI=1S/C15H23N/c1-11-4-5-12(2)14(10-11)8-9-15(16-3)13-6-7-13/h4-5,10,13,15-16H,6-9H2,1-3H3. The van der Waals surface area contributed by atoms with E-state index in [2.05, 4.69) is 44.4 Å². The highest BCUT2D eigenvalue weighted by atomic mass is 14.9. The summed E-state index contributed by atoms with van der Waals surface area (Å²) in [5, 5.41) is 3.47. The van der Waals surface area contributed by atoms with Crippen LogP contribution in [0.15, 0.2) is 18.2 Å². The lowest BCUT2D eigenvalue weighted by molar-refractivity contribution is 0.470. The van der Waals surface area contributed by atoms with Gasteiger partial charge in [-0.25, -0.2) is 0 Å². The van der Waals surface area contributed by atoms with Crippen molar-refractivity contribution in [2.24, 2.45) is 5.92 Å². The highest BCUT2D eigenvalue weighted by Crippen LogP contribution is 2.34. The Labute approximate surface area is 99.3 Å². The first-order valence-corrected chi connectivity index (χ1v) is 6.44. The Morgan fingerprint density at radius 3 is 2.69 bits per heavy atom. The highest BCUT2D eigenvalue weighted by molar-refractivity contribution is 5.30. The first kappa shape index (κ1) is 11.7. The SMILES string of the molecule is CNC(CCc1cc(C)ccc1C)C1CC1. The minimum absolute atomic E-state index is 0.736. The summed E-state index contributed by atoms with van der Waals surface area (Å²) < 4.78 is 0. The van der Waals surface area contributed by atoms with E-state index in [0.29, 0.717) is 0 Å². The molecule has 1 heteroatoms. The molecule has 16 heavy (non-hydrogen) atoms. The summed E-state index contributed by atoms with van der Waals surface area (Å²) in [6.07, 6.45) is 5.36. The summed E-state index contributed by atoms with van der Waals surface area (Å²) in [4.78, 5) is 0. The molecule has 0 radical (unpaired) electrons. The molecule has 2 rings (SSSR count). The average molecular weight is 217 g/mol. The van der Waals surface area contributed by atoms with Crippen LogP contribution in [-0.2, 0) is 6.42 Å². The summed E-state index contributed by atoms with van der Waals surface area (Å²) in [5.74, 6) is 0.954. The van der Waals surface area contributed by atoms with Crippen molar-refractivity contribution in [2.75, 3.05) is 7.05 Å². The maximum Gasteiger partial charge on any atom is 0.00954 e. The summed E-state index contributed by atoms with van der Waals surface area (Å²) in [6.45, 7) is 4.40. The topological polar surface area (TPSA) is 12.0 Å². The van der Waals surface area contributed by atoms with Gasteiger partial charge < -0.3 is 5.32 Å². The third-order valence-corrected chi connectivity index (χ3v) is 3.79. The lowest BCUT2D eigenvalue weighted by Crippen LogP contribution is -2.27. The molecule has 0 aliphatic heterocycles. The maximum atomic E-state index is 3.47. The fourth-order valence-electron chi connectivity index (χ4n) is 2.49. The van der Waals surface area contributed by atoms with Crippen LogP contribution in [0.2, 0.25) is 0 Å². The van der Waals surface area contributed by atoms with Crippen LogP contribution in [0.25, 0.3) is 0 Å². The molecular weight excluding hydrogens is 194 g/mol. The van der Waals surface area contributed by atoms with Gasteiger partial charge in [0.15, 0.2) is 0 Å². The fourth-order valence-corrected chi connectivity index (χ4v) is 2.49. The van der Waals surface area contributed by atoms with Crippen LogP contribution in [-0.4, -0.2) is 13.1 Å². The Kier molecular flexibility index (Phi) is 3.65. The second-order valence-electron chi connectivity index (χ2n) is 5.20. The van der Waals surface area contributed by atoms with E-state index in [1.165, 1.54) is 42.4 Å². The van der Waals surface area contributed by atoms with E-state index >= 15 is 0 Å². The van der Waals surface area contributed by atoms with E-state index in [0.717, 1.165) is 12.0 Å². The molecular formula is C15H23N. The van der Waals surface area contributed by atoms with E-state index in [1.807, 2.05) is 0 Å². The molecule has 0 spiro atoms. The van der Waals surface area contributed by atoms with Gasteiger partial charge in [0.05, 0.1) is 0 Å². The molecule has 1 nitrogen and oxygen atoms in total. The number of hydrogen-bond acceptors (Lipinski definition) is 1. The van der Waals surface area contributed by atoms with Gasteiger partial charge in [0.25, 0.3) is 0 Å². The molecule has 1 atom stereocenters. The Bertz CT molecular complexity index is 352. The van der Waals surface area contributed by atoms with Crippen molar-refractivity contribution in [1.82, 2.24) is 5.32 Å². The number of aryl methyl sites for hydroxylation is 3. The highest BCUT2D eigenvalue weighted by Gasteiger charge is 2.29. The predicted octanol–water partition coefficient (Wildman–Crippen LogP) is 3.23. The quantitative estimate of drug-likeness (QED) is 0.798. The van der Waals surface area contributed by atoms with Gasteiger partial charge >= 0.3 is 0 Å². The van der Waals surface area contributed by atoms with Crippen molar-refractivity contribution in [1.29, 1.82) is 0 Å². The number of hydrogen-bond donors (Lipinski definition) is 1. The monoisotopic (exact) mass is 217 g/mol. The summed E-state index contributed by atoms with van der Waals surface area (Å²) in [6, 6.07) is 7.53. The first-order valence-electron chi connectivity index (χ1n) is 6.44. The van der Waals surface area contributed by atoms with Gasteiger partial charge in [-0.05, 0) is 63.6 Å². The molecule has 1 fully saturated rings. The molecule has 1 N–H and O–H groups in total. The zero-order chi connectivity index (χ0) is 11.5. The van der Waals surface area contributed by atoms with Crippen LogP contribution in [0.1, 0.15) is 36.0 Å². The van der Waals surface area contributed by atoms with E-state index in [1.54, 1.807) is 0 Å². The molecule has 88 valence electrons. The average Bonchev–Trinajstić information content (AvgIpc) is 3.08. The Morgan fingerprint density at radius 1 is 1.31 bits per heavy atom. The molecule has 0 heterocycles. The van der Waals surface area contributed by atoms with Crippen molar-refractivity contribution < 1.29 is 0 Å². The van der Waals surface area contributed by atoms with Gasteiger partial charge in [-0.1, -0.05) is 23.8 Å². The molecule has 1 saturated carbocycles. The van der Waals surface area contributed by atoms with Crippen LogP contribution >= 0.6 is 0 Å². The van der Waals surface area contributed by atoms with Gasteiger partial charge in [0, 0.05) is 6.04 Å². The Balaban J connectivity index is 1.95. The lowest BCUT2D eigenvalue weighted by atomic mass is 9.97. The summed E-state index contributed by atoms with van der Waals surface area (Å²) in [7, 11) is 2.10. The number of benzene rings is 1. The normalized spacial score (nSPS) is 17.4. The molecule has 1 aromatic rings. The van der Waals surface area contributed by atoms with Crippen LogP contribution in [0.4, 0.5) is 0 Å². The van der Waals surface area contributed by atoms with Crippen molar-refractivity contribution in [2.45, 2.75) is 45.6 Å². The van der Waals surface area contributed by atoms with Crippen molar-refractivity contribution >= 4 is 0 Å². The summed E-state index contributed by atoms with van der Waals surface area (Å²) in [5.41, 5.74) is 4.35. The maximum absolute atomic E-state index is 3.47. The molecule has 0 amide bonds. The Hall–Kier alpha value is -0.820. The third-order valence-electron chi connectivity index (χ3n) is 3.79. The van der Waals surface area contributed by atoms with E-state index < -0.39 is 0 Å². The molecule has 0 bridgehead atoms. The molecule has 1 unspecified atom stereocenters. The predicted molar refractivity (Wildman–Crippen MR) is 69.8 cm³/mol. The second kappa shape index (κ2) is 5.01. The van der Waals surface area contributed by atoms with E-state index in [9.17, 15) is 0 Å². The zero-order valence-corrected chi connectivity index (χ0v) is 10.7. The molecule has 0 saturated heterocycles. The zero-order valence-electron chi connectivity index (χ0n) is 10.7. The molecule has 0 aromatic heterocycles. The summed E-state index contributed by atoms with van der Waals surface area (Å²) >= 11 is 0. The lowest BCUT2D eigenvalue weighted by Gasteiger charge is -2.16. The molecule has 1 aliphatic rings. The van der Waals surface area contributed by atoms with Gasteiger partial charge in [-0.3, -0.25) is 0 Å². The first-order chi connectivity index (χ1) is 7.70. The minimum Gasteiger partial charge on any atom is -0.317 e. The van der Waals surface area contributed by atoms with Gasteiger partial charge in [0.1, 0.15) is 0 Å². The van der Waals surface area contributed by atoms with Gasteiger partial charge in [0.2, 0.25) is 0 Å². The Morgan fingerprint density at radius 2 is 2.06 bits per heavy atom. The smallest absolute Gasteiger partial charge is 0.00954 e.